The van der Waals surface area contributed by atoms with Crippen LogP contribution in [0.4, 0.5) is 15.8 Å². The van der Waals surface area contributed by atoms with Crippen LogP contribution in [-0.2, 0) is 9.53 Å². The van der Waals surface area contributed by atoms with E-state index in [1.54, 1.807) is 31.2 Å². The topological polar surface area (TPSA) is 105 Å². The monoisotopic (exact) mass is 360 g/mol. The van der Waals surface area contributed by atoms with Gasteiger partial charge in [0.2, 0.25) is 5.91 Å². The van der Waals surface area contributed by atoms with Crippen LogP contribution < -0.4 is 11.1 Å². The van der Waals surface area contributed by atoms with E-state index in [0.717, 1.165) is 12.1 Å². The fraction of sp³-hybridized carbons (Fsp3) is 0.211. The van der Waals surface area contributed by atoms with Gasteiger partial charge in [-0.2, -0.15) is 0 Å². The number of rotatable bonds is 7. The van der Waals surface area contributed by atoms with Gasteiger partial charge >= 0.3 is 0 Å². The fourth-order valence-corrected chi connectivity index (χ4v) is 2.31. The molecule has 1 amide bonds. The Bertz CT molecular complexity index is 795. The zero-order valence-electron chi connectivity index (χ0n) is 14.2. The van der Waals surface area contributed by atoms with Gasteiger partial charge in [0, 0.05) is 12.7 Å². The van der Waals surface area contributed by atoms with Crippen molar-refractivity contribution in [2.45, 2.75) is 19.1 Å². The average molecular weight is 360 g/mol. The van der Waals surface area contributed by atoms with Gasteiger partial charge in [-0.25, -0.2) is 4.39 Å². The molecule has 2 rings (SSSR count). The second-order valence-corrected chi connectivity index (χ2v) is 5.51. The lowest BCUT2D eigenvalue weighted by atomic mass is 10.0. The molecule has 0 saturated carbocycles. The standard InChI is InChI=1S/C19H21FN2O4/c1-2-26-17(19(25)12-7-8-16(23)13(20)11-12)9-10-18(24)22-15-6-4-3-5-14(15)21/h3-11,17,19,23,25H,2,21H2,1H3,(H,22,24)/b10-9+/t17-,19-/m1/s1. The van der Waals surface area contributed by atoms with E-state index in [9.17, 15) is 19.4 Å². The van der Waals surface area contributed by atoms with E-state index in [1.807, 2.05) is 0 Å². The van der Waals surface area contributed by atoms with Gasteiger partial charge in [0.15, 0.2) is 11.6 Å². The lowest BCUT2D eigenvalue weighted by Crippen LogP contribution is -2.21. The van der Waals surface area contributed by atoms with Crippen molar-refractivity contribution in [2.24, 2.45) is 0 Å². The molecule has 6 nitrogen and oxygen atoms in total. The number of nitrogens with two attached hydrogens (primary N) is 1. The van der Waals surface area contributed by atoms with E-state index in [0.29, 0.717) is 11.4 Å². The predicted molar refractivity (Wildman–Crippen MR) is 97.1 cm³/mol. The van der Waals surface area contributed by atoms with Gasteiger partial charge < -0.3 is 26.0 Å². The number of para-hydroxylation sites is 2. The Hall–Kier alpha value is -2.90. The highest BCUT2D eigenvalue weighted by Crippen LogP contribution is 2.25. The zero-order chi connectivity index (χ0) is 19.1. The number of nitrogen functional groups attached to an aromatic ring is 1. The molecule has 0 spiro atoms. The third-order valence-electron chi connectivity index (χ3n) is 3.64. The minimum absolute atomic E-state index is 0.219. The van der Waals surface area contributed by atoms with Crippen LogP contribution in [0.15, 0.2) is 54.6 Å². The maximum atomic E-state index is 13.5. The minimum Gasteiger partial charge on any atom is -0.505 e. The molecule has 0 heterocycles. The van der Waals surface area contributed by atoms with Crippen molar-refractivity contribution in [3.05, 3.63) is 66.0 Å². The lowest BCUT2D eigenvalue weighted by molar-refractivity contribution is -0.112. The molecule has 26 heavy (non-hydrogen) atoms. The van der Waals surface area contributed by atoms with Crippen molar-refractivity contribution in [1.82, 2.24) is 0 Å². The van der Waals surface area contributed by atoms with Crippen molar-refractivity contribution < 1.29 is 24.1 Å². The average Bonchev–Trinajstić information content (AvgIpc) is 2.62. The number of phenolic OH excluding ortho intramolecular Hbond substituents is 1. The van der Waals surface area contributed by atoms with Crippen molar-refractivity contribution in [3.8, 4) is 5.75 Å². The van der Waals surface area contributed by atoms with Crippen molar-refractivity contribution in [1.29, 1.82) is 0 Å². The number of carbonyl (C=O) groups excluding carboxylic acids is 1. The quantitative estimate of drug-likeness (QED) is 0.449. The van der Waals surface area contributed by atoms with Crippen LogP contribution in [0.5, 0.6) is 5.75 Å². The van der Waals surface area contributed by atoms with E-state index in [-0.39, 0.29) is 12.2 Å². The zero-order valence-corrected chi connectivity index (χ0v) is 14.2. The number of carbonyl (C=O) groups is 1. The van der Waals surface area contributed by atoms with Gasteiger partial charge in [-0.05, 0) is 42.8 Å². The first-order valence-corrected chi connectivity index (χ1v) is 8.04. The number of benzene rings is 2. The van der Waals surface area contributed by atoms with E-state index in [4.69, 9.17) is 10.5 Å². The Morgan fingerprint density at radius 1 is 1.35 bits per heavy atom. The highest BCUT2D eigenvalue weighted by atomic mass is 19.1. The summed E-state index contributed by atoms with van der Waals surface area (Å²) in [7, 11) is 0. The van der Waals surface area contributed by atoms with Crippen LogP contribution in [0.3, 0.4) is 0 Å². The summed E-state index contributed by atoms with van der Waals surface area (Å²) in [4.78, 5) is 12.0. The number of nitrogens with one attached hydrogen (secondary N) is 1. The summed E-state index contributed by atoms with van der Waals surface area (Å²) in [6, 6.07) is 10.4. The summed E-state index contributed by atoms with van der Waals surface area (Å²) >= 11 is 0. The fourth-order valence-electron chi connectivity index (χ4n) is 2.31. The summed E-state index contributed by atoms with van der Waals surface area (Å²) in [5.74, 6) is -1.81. The number of phenols is 1. The number of ether oxygens (including phenoxy) is 1. The number of aromatic hydroxyl groups is 1. The maximum Gasteiger partial charge on any atom is 0.248 e. The normalized spacial score (nSPS) is 13.5. The van der Waals surface area contributed by atoms with Gasteiger partial charge in [-0.1, -0.05) is 18.2 Å². The number of anilines is 2. The van der Waals surface area contributed by atoms with E-state index < -0.39 is 29.7 Å². The molecule has 138 valence electrons. The summed E-state index contributed by atoms with van der Waals surface area (Å²) in [6.45, 7) is 2.01. The van der Waals surface area contributed by atoms with Crippen LogP contribution in [-0.4, -0.2) is 28.8 Å². The van der Waals surface area contributed by atoms with E-state index in [2.05, 4.69) is 5.32 Å². The van der Waals surface area contributed by atoms with Gasteiger partial charge in [0.05, 0.1) is 11.4 Å². The first-order valence-electron chi connectivity index (χ1n) is 8.04. The van der Waals surface area contributed by atoms with Crippen molar-refractivity contribution >= 4 is 17.3 Å². The number of aliphatic hydroxyl groups excluding tert-OH is 1. The van der Waals surface area contributed by atoms with Gasteiger partial charge in [0.25, 0.3) is 0 Å². The third-order valence-corrected chi connectivity index (χ3v) is 3.64. The highest BCUT2D eigenvalue weighted by molar-refractivity contribution is 6.01. The SMILES string of the molecule is CCO[C@H](/C=C/C(=O)Nc1ccccc1N)[C@H](O)c1ccc(O)c(F)c1. The molecule has 0 aliphatic rings. The smallest absolute Gasteiger partial charge is 0.248 e. The number of hydrogen-bond acceptors (Lipinski definition) is 5. The molecule has 0 bridgehead atoms. The van der Waals surface area contributed by atoms with Crippen LogP contribution in [0.1, 0.15) is 18.6 Å². The third kappa shape index (κ3) is 5.05. The Labute approximate surface area is 150 Å². The second kappa shape index (κ2) is 8.98. The van der Waals surface area contributed by atoms with E-state index in [1.165, 1.54) is 18.2 Å². The molecule has 2 aromatic rings. The Kier molecular flexibility index (Phi) is 6.71. The summed E-state index contributed by atoms with van der Waals surface area (Å²) in [5, 5.41) is 22.3. The predicted octanol–water partition coefficient (Wildman–Crippen LogP) is 2.75. The van der Waals surface area contributed by atoms with Crippen molar-refractivity contribution in [2.75, 3.05) is 17.7 Å². The van der Waals surface area contributed by atoms with Crippen LogP contribution in [0.25, 0.3) is 0 Å². The summed E-state index contributed by atoms with van der Waals surface area (Å²) in [5.41, 5.74) is 6.88. The molecule has 0 aliphatic carbocycles. The molecular formula is C19H21FN2O4. The minimum atomic E-state index is -1.21. The number of aliphatic hydroxyl groups is 1. The molecular weight excluding hydrogens is 339 g/mol. The molecule has 0 saturated heterocycles. The molecule has 7 heteroatoms. The lowest BCUT2D eigenvalue weighted by Gasteiger charge is -2.20. The summed E-state index contributed by atoms with van der Waals surface area (Å²) < 4.78 is 18.9. The van der Waals surface area contributed by atoms with Crippen LogP contribution in [0.2, 0.25) is 0 Å². The van der Waals surface area contributed by atoms with Crippen LogP contribution in [0, 0.1) is 5.82 Å². The second-order valence-electron chi connectivity index (χ2n) is 5.51. The number of hydrogen-bond donors (Lipinski definition) is 4. The largest absolute Gasteiger partial charge is 0.505 e. The Morgan fingerprint density at radius 3 is 2.73 bits per heavy atom. The molecule has 0 radical (unpaired) electrons. The molecule has 5 N–H and O–H groups in total. The Morgan fingerprint density at radius 2 is 2.08 bits per heavy atom. The number of halogens is 1. The first kappa shape index (κ1) is 19.4. The first-order chi connectivity index (χ1) is 12.4. The molecule has 0 aromatic heterocycles. The Balaban J connectivity index is 2.10. The van der Waals surface area contributed by atoms with Gasteiger partial charge in [-0.15, -0.1) is 0 Å². The summed E-state index contributed by atoms with van der Waals surface area (Å²) in [6.07, 6.45) is 0.513. The molecule has 0 fully saturated rings. The van der Waals surface area contributed by atoms with Gasteiger partial charge in [0.1, 0.15) is 12.2 Å². The van der Waals surface area contributed by atoms with Gasteiger partial charge in [-0.3, -0.25) is 4.79 Å². The van der Waals surface area contributed by atoms with Crippen molar-refractivity contribution in [3.63, 3.8) is 0 Å². The highest BCUT2D eigenvalue weighted by Gasteiger charge is 2.20. The van der Waals surface area contributed by atoms with E-state index >= 15 is 0 Å². The molecule has 0 unspecified atom stereocenters. The molecule has 0 aliphatic heterocycles. The maximum absolute atomic E-state index is 13.5. The molecule has 2 atom stereocenters. The molecule has 2 aromatic carbocycles. The number of amides is 1. The van der Waals surface area contributed by atoms with Crippen LogP contribution >= 0.6 is 0 Å².